The van der Waals surface area contributed by atoms with Gasteiger partial charge in [-0.25, -0.2) is 0 Å². The highest BCUT2D eigenvalue weighted by molar-refractivity contribution is 6.30. The van der Waals surface area contributed by atoms with Crippen molar-refractivity contribution in [2.45, 2.75) is 32.4 Å². The third kappa shape index (κ3) is 4.17. The van der Waals surface area contributed by atoms with E-state index in [-0.39, 0.29) is 30.9 Å². The number of hydrogen-bond acceptors (Lipinski definition) is 4. The highest BCUT2D eigenvalue weighted by Crippen LogP contribution is 2.32. The van der Waals surface area contributed by atoms with E-state index in [1.807, 2.05) is 24.3 Å². The van der Waals surface area contributed by atoms with Crippen LogP contribution in [0, 0.1) is 0 Å². The molecule has 1 aromatic heterocycles. The highest BCUT2D eigenvalue weighted by atomic mass is 35.5. The molecule has 1 amide bonds. The molecule has 0 bridgehead atoms. The molecule has 1 aliphatic heterocycles. The number of pyridine rings is 1. The monoisotopic (exact) mass is 358 g/mol. The summed E-state index contributed by atoms with van der Waals surface area (Å²) in [4.78, 5) is 30.1. The topological polar surface area (TPSA) is 59.5 Å². The van der Waals surface area contributed by atoms with E-state index < -0.39 is 0 Å². The van der Waals surface area contributed by atoms with E-state index in [1.54, 1.807) is 23.2 Å². The number of carbonyl (C=O) groups is 2. The minimum atomic E-state index is -0.366. The van der Waals surface area contributed by atoms with Gasteiger partial charge in [0.05, 0.1) is 18.2 Å². The highest BCUT2D eigenvalue weighted by Gasteiger charge is 2.31. The Bertz CT molecular complexity index is 794. The summed E-state index contributed by atoms with van der Waals surface area (Å²) in [7, 11) is 0. The standard InChI is InChI=1S/C19H19ClN2O3/c1-13(23)22-9-7-14-4-2-3-5-17(14)18(22)11-19(24)25-12-16-10-15(20)6-8-21-16/h2-6,8,10,18H,7,9,11-12H2,1H3/t18-/m1/s1. The molecule has 2 heterocycles. The first kappa shape index (κ1) is 17.4. The summed E-state index contributed by atoms with van der Waals surface area (Å²) in [6.07, 6.45) is 2.49. The number of nitrogens with zero attached hydrogens (tertiary/aromatic N) is 2. The number of ether oxygens (including phenoxy) is 1. The Balaban J connectivity index is 1.70. The summed E-state index contributed by atoms with van der Waals surface area (Å²) >= 11 is 5.90. The number of halogens is 1. The van der Waals surface area contributed by atoms with Gasteiger partial charge in [-0.1, -0.05) is 35.9 Å². The van der Waals surface area contributed by atoms with Crippen LogP contribution in [-0.4, -0.2) is 28.3 Å². The van der Waals surface area contributed by atoms with Crippen LogP contribution in [0.5, 0.6) is 0 Å². The average Bonchev–Trinajstić information content (AvgIpc) is 2.60. The summed E-state index contributed by atoms with van der Waals surface area (Å²) in [6.45, 7) is 2.20. The van der Waals surface area contributed by atoms with E-state index in [0.29, 0.717) is 17.3 Å². The average molecular weight is 359 g/mol. The molecule has 0 radical (unpaired) electrons. The normalized spacial score (nSPS) is 16.2. The molecule has 1 aromatic carbocycles. The Morgan fingerprint density at radius 3 is 2.88 bits per heavy atom. The van der Waals surface area contributed by atoms with E-state index in [4.69, 9.17) is 16.3 Å². The molecule has 0 spiro atoms. The van der Waals surface area contributed by atoms with Crippen LogP contribution in [0.4, 0.5) is 0 Å². The van der Waals surface area contributed by atoms with Gasteiger partial charge in [0.15, 0.2) is 0 Å². The van der Waals surface area contributed by atoms with Crippen molar-refractivity contribution >= 4 is 23.5 Å². The van der Waals surface area contributed by atoms with Crippen LogP contribution in [0.15, 0.2) is 42.6 Å². The van der Waals surface area contributed by atoms with E-state index in [2.05, 4.69) is 4.98 Å². The van der Waals surface area contributed by atoms with Gasteiger partial charge in [0.1, 0.15) is 6.61 Å². The van der Waals surface area contributed by atoms with Gasteiger partial charge in [-0.2, -0.15) is 0 Å². The van der Waals surface area contributed by atoms with Gasteiger partial charge in [-0.15, -0.1) is 0 Å². The zero-order chi connectivity index (χ0) is 17.8. The number of aromatic nitrogens is 1. The fraction of sp³-hybridized carbons (Fsp3) is 0.316. The Kier molecular flexibility index (Phi) is 5.34. The molecule has 0 unspecified atom stereocenters. The molecule has 3 rings (SSSR count). The van der Waals surface area contributed by atoms with Crippen molar-refractivity contribution < 1.29 is 14.3 Å². The second kappa shape index (κ2) is 7.66. The van der Waals surface area contributed by atoms with Crippen LogP contribution >= 0.6 is 11.6 Å². The van der Waals surface area contributed by atoms with Crippen LogP contribution in [0.25, 0.3) is 0 Å². The van der Waals surface area contributed by atoms with E-state index >= 15 is 0 Å². The quantitative estimate of drug-likeness (QED) is 0.787. The first-order valence-corrected chi connectivity index (χ1v) is 8.53. The van der Waals surface area contributed by atoms with Gasteiger partial charge in [0.25, 0.3) is 0 Å². The van der Waals surface area contributed by atoms with Crippen molar-refractivity contribution in [1.29, 1.82) is 0 Å². The predicted molar refractivity (Wildman–Crippen MR) is 93.9 cm³/mol. The summed E-state index contributed by atoms with van der Waals surface area (Å²) in [5, 5.41) is 0.546. The maximum absolute atomic E-state index is 12.3. The fourth-order valence-corrected chi connectivity index (χ4v) is 3.33. The lowest BCUT2D eigenvalue weighted by Gasteiger charge is -2.36. The largest absolute Gasteiger partial charge is 0.459 e. The zero-order valence-corrected chi connectivity index (χ0v) is 14.7. The number of hydrogen-bond donors (Lipinski definition) is 0. The third-order valence-electron chi connectivity index (χ3n) is 4.34. The SMILES string of the molecule is CC(=O)N1CCc2ccccc2[C@H]1CC(=O)OCc1cc(Cl)ccn1. The molecular formula is C19H19ClN2O3. The van der Waals surface area contributed by atoms with E-state index in [1.165, 1.54) is 12.5 Å². The predicted octanol–water partition coefficient (Wildman–Crippen LogP) is 3.31. The third-order valence-corrected chi connectivity index (χ3v) is 4.57. The lowest BCUT2D eigenvalue weighted by atomic mass is 9.90. The van der Waals surface area contributed by atoms with Crippen molar-refractivity contribution in [2.24, 2.45) is 0 Å². The van der Waals surface area contributed by atoms with Gasteiger partial charge >= 0.3 is 5.97 Å². The molecule has 130 valence electrons. The van der Waals surface area contributed by atoms with Gasteiger partial charge in [0.2, 0.25) is 5.91 Å². The molecule has 0 saturated carbocycles. The molecule has 0 fully saturated rings. The van der Waals surface area contributed by atoms with Crippen molar-refractivity contribution in [2.75, 3.05) is 6.54 Å². The second-order valence-corrected chi connectivity index (χ2v) is 6.44. The summed E-state index contributed by atoms with van der Waals surface area (Å²) in [6, 6.07) is 11.0. The Morgan fingerprint density at radius 2 is 2.12 bits per heavy atom. The summed E-state index contributed by atoms with van der Waals surface area (Å²) in [5.41, 5.74) is 2.78. The first-order chi connectivity index (χ1) is 12.0. The number of fused-ring (bicyclic) bond motifs is 1. The molecule has 1 aliphatic rings. The van der Waals surface area contributed by atoms with Gasteiger partial charge in [-0.05, 0) is 29.7 Å². The van der Waals surface area contributed by atoms with Crippen LogP contribution in [0.3, 0.4) is 0 Å². The molecule has 5 nitrogen and oxygen atoms in total. The number of carbonyl (C=O) groups excluding carboxylic acids is 2. The molecule has 25 heavy (non-hydrogen) atoms. The van der Waals surface area contributed by atoms with Gasteiger partial charge in [-0.3, -0.25) is 14.6 Å². The molecule has 1 atom stereocenters. The summed E-state index contributed by atoms with van der Waals surface area (Å²) < 4.78 is 5.33. The van der Waals surface area contributed by atoms with E-state index in [0.717, 1.165) is 12.0 Å². The Hall–Kier alpha value is -2.40. The molecule has 2 aromatic rings. The minimum absolute atomic E-state index is 0.0381. The molecular weight excluding hydrogens is 340 g/mol. The lowest BCUT2D eigenvalue weighted by Crippen LogP contribution is -2.39. The van der Waals surface area contributed by atoms with Crippen LogP contribution in [-0.2, 0) is 27.4 Å². The maximum atomic E-state index is 12.3. The summed E-state index contributed by atoms with van der Waals surface area (Å²) in [5.74, 6) is -0.404. The Labute approximate surface area is 151 Å². The number of amides is 1. The first-order valence-electron chi connectivity index (χ1n) is 8.15. The van der Waals surface area contributed by atoms with Gasteiger partial charge in [0, 0.05) is 24.7 Å². The second-order valence-electron chi connectivity index (χ2n) is 6.01. The van der Waals surface area contributed by atoms with Crippen LogP contribution < -0.4 is 0 Å². The number of esters is 1. The van der Waals surface area contributed by atoms with Crippen molar-refractivity contribution in [3.63, 3.8) is 0 Å². The van der Waals surface area contributed by atoms with Crippen LogP contribution in [0.1, 0.15) is 36.2 Å². The van der Waals surface area contributed by atoms with Crippen molar-refractivity contribution in [3.8, 4) is 0 Å². The smallest absolute Gasteiger partial charge is 0.308 e. The van der Waals surface area contributed by atoms with Crippen molar-refractivity contribution in [3.05, 3.63) is 64.4 Å². The lowest BCUT2D eigenvalue weighted by molar-refractivity contribution is -0.147. The van der Waals surface area contributed by atoms with Crippen LogP contribution in [0.2, 0.25) is 5.02 Å². The molecule has 0 aliphatic carbocycles. The van der Waals surface area contributed by atoms with Crippen molar-refractivity contribution in [1.82, 2.24) is 9.88 Å². The molecule has 0 N–H and O–H groups in total. The number of benzene rings is 1. The maximum Gasteiger partial charge on any atom is 0.308 e. The molecule has 6 heteroatoms. The van der Waals surface area contributed by atoms with Gasteiger partial charge < -0.3 is 9.64 Å². The minimum Gasteiger partial charge on any atom is -0.459 e. The zero-order valence-electron chi connectivity index (χ0n) is 13.9. The number of rotatable bonds is 4. The molecule has 0 saturated heterocycles. The fourth-order valence-electron chi connectivity index (χ4n) is 3.15. The van der Waals surface area contributed by atoms with E-state index in [9.17, 15) is 9.59 Å². The Morgan fingerprint density at radius 1 is 1.32 bits per heavy atom.